The first kappa shape index (κ1) is 14.8. The Labute approximate surface area is 114 Å². The molecule has 0 saturated carbocycles. The van der Waals surface area contributed by atoms with E-state index in [0.29, 0.717) is 6.61 Å². The monoisotopic (exact) mass is 269 g/mol. The van der Waals surface area contributed by atoms with Crippen molar-refractivity contribution in [3.8, 4) is 0 Å². The molecule has 0 heterocycles. The van der Waals surface area contributed by atoms with Crippen molar-refractivity contribution < 1.29 is 9.53 Å². The molecule has 0 aliphatic heterocycles. The van der Waals surface area contributed by atoms with Gasteiger partial charge in [0, 0.05) is 36.6 Å². The van der Waals surface area contributed by atoms with Crippen molar-refractivity contribution in [3.63, 3.8) is 0 Å². The predicted octanol–water partition coefficient (Wildman–Crippen LogP) is 3.37. The molecule has 4 heteroatoms. The number of halogens is 1. The molecule has 0 fully saturated rings. The number of benzene rings is 1. The lowest BCUT2D eigenvalue weighted by Gasteiger charge is -2.31. The topological polar surface area (TPSA) is 29.5 Å². The van der Waals surface area contributed by atoms with Gasteiger partial charge in [0.2, 0.25) is 0 Å². The summed E-state index contributed by atoms with van der Waals surface area (Å²) >= 11 is 5.86. The Morgan fingerprint density at radius 2 is 1.89 bits per heavy atom. The summed E-state index contributed by atoms with van der Waals surface area (Å²) in [7, 11) is 2.01. The van der Waals surface area contributed by atoms with E-state index in [1.807, 2.05) is 31.3 Å². The molecule has 0 spiro atoms. The first-order valence-electron chi connectivity index (χ1n) is 5.90. The second kappa shape index (κ2) is 6.10. The molecule has 1 aromatic carbocycles. The van der Waals surface area contributed by atoms with E-state index in [9.17, 15) is 4.79 Å². The molecular formula is C14H20ClNO2. The second-order valence-electron chi connectivity index (χ2n) is 5.28. The maximum Gasteiger partial charge on any atom is 0.302 e. The minimum absolute atomic E-state index is 0.0972. The van der Waals surface area contributed by atoms with Gasteiger partial charge < -0.3 is 9.64 Å². The number of esters is 1. The second-order valence-corrected chi connectivity index (χ2v) is 5.71. The van der Waals surface area contributed by atoms with Gasteiger partial charge in [-0.2, -0.15) is 0 Å². The molecule has 100 valence electrons. The largest absolute Gasteiger partial charge is 0.465 e. The highest BCUT2D eigenvalue weighted by Crippen LogP contribution is 2.22. The number of anilines is 1. The Kier molecular flexibility index (Phi) is 5.03. The standard InChI is InChI=1S/C14H20ClNO2/c1-11(17)18-10-14(2,3)9-16(4)13-7-5-12(15)6-8-13/h5-8H,9-10H2,1-4H3. The molecule has 1 aromatic rings. The normalized spacial score (nSPS) is 11.2. The van der Waals surface area contributed by atoms with Crippen LogP contribution in [0.3, 0.4) is 0 Å². The molecule has 0 unspecified atom stereocenters. The zero-order chi connectivity index (χ0) is 13.8. The maximum atomic E-state index is 10.8. The Morgan fingerprint density at radius 3 is 2.39 bits per heavy atom. The first-order chi connectivity index (χ1) is 8.30. The van der Waals surface area contributed by atoms with Gasteiger partial charge in [-0.1, -0.05) is 25.4 Å². The van der Waals surface area contributed by atoms with E-state index in [4.69, 9.17) is 16.3 Å². The minimum Gasteiger partial charge on any atom is -0.465 e. The van der Waals surface area contributed by atoms with Crippen LogP contribution in [0.4, 0.5) is 5.69 Å². The van der Waals surface area contributed by atoms with E-state index in [-0.39, 0.29) is 11.4 Å². The number of ether oxygens (including phenoxy) is 1. The van der Waals surface area contributed by atoms with Crippen molar-refractivity contribution in [1.29, 1.82) is 0 Å². The number of carbonyl (C=O) groups excluding carboxylic acids is 1. The summed E-state index contributed by atoms with van der Waals surface area (Å²) in [5.41, 5.74) is 0.996. The van der Waals surface area contributed by atoms with E-state index >= 15 is 0 Å². The van der Waals surface area contributed by atoms with Crippen LogP contribution in [0.1, 0.15) is 20.8 Å². The van der Waals surface area contributed by atoms with Crippen molar-refractivity contribution in [2.24, 2.45) is 5.41 Å². The molecule has 0 aliphatic carbocycles. The van der Waals surface area contributed by atoms with Gasteiger partial charge >= 0.3 is 5.97 Å². The van der Waals surface area contributed by atoms with E-state index in [1.54, 1.807) is 0 Å². The molecular weight excluding hydrogens is 250 g/mol. The van der Waals surface area contributed by atoms with Gasteiger partial charge in [0.15, 0.2) is 0 Å². The van der Waals surface area contributed by atoms with Gasteiger partial charge in [-0.25, -0.2) is 0 Å². The molecule has 0 N–H and O–H groups in total. The number of rotatable bonds is 5. The molecule has 18 heavy (non-hydrogen) atoms. The summed E-state index contributed by atoms with van der Waals surface area (Å²) in [6, 6.07) is 7.69. The van der Waals surface area contributed by atoms with Crippen LogP contribution in [0.25, 0.3) is 0 Å². The van der Waals surface area contributed by atoms with Crippen molar-refractivity contribution in [1.82, 2.24) is 0 Å². The average Bonchev–Trinajstić information content (AvgIpc) is 2.27. The molecule has 0 saturated heterocycles. The fraction of sp³-hybridized carbons (Fsp3) is 0.500. The quantitative estimate of drug-likeness (QED) is 0.768. The summed E-state index contributed by atoms with van der Waals surface area (Å²) in [5, 5.41) is 0.728. The highest BCUT2D eigenvalue weighted by atomic mass is 35.5. The first-order valence-corrected chi connectivity index (χ1v) is 6.28. The summed E-state index contributed by atoms with van der Waals surface area (Å²) in [6.45, 7) is 6.78. The number of carbonyl (C=O) groups is 1. The smallest absolute Gasteiger partial charge is 0.302 e. The summed E-state index contributed by atoms with van der Waals surface area (Å²) in [4.78, 5) is 13.0. The average molecular weight is 270 g/mol. The lowest BCUT2D eigenvalue weighted by Crippen LogP contribution is -2.35. The van der Waals surface area contributed by atoms with Crippen molar-refractivity contribution >= 4 is 23.3 Å². The third-order valence-electron chi connectivity index (χ3n) is 2.60. The van der Waals surface area contributed by atoms with E-state index in [0.717, 1.165) is 17.3 Å². The van der Waals surface area contributed by atoms with Crippen LogP contribution in [-0.4, -0.2) is 26.2 Å². The highest BCUT2D eigenvalue weighted by molar-refractivity contribution is 6.30. The van der Waals surface area contributed by atoms with Crippen LogP contribution in [0.5, 0.6) is 0 Å². The Balaban J connectivity index is 2.60. The summed E-state index contributed by atoms with van der Waals surface area (Å²) in [6.07, 6.45) is 0. The zero-order valence-corrected chi connectivity index (χ0v) is 12.1. The van der Waals surface area contributed by atoms with Gasteiger partial charge in [-0.15, -0.1) is 0 Å². The zero-order valence-electron chi connectivity index (χ0n) is 11.4. The van der Waals surface area contributed by atoms with Gasteiger partial charge in [0.05, 0.1) is 6.61 Å². The third-order valence-corrected chi connectivity index (χ3v) is 2.85. The molecule has 0 aliphatic rings. The fourth-order valence-electron chi connectivity index (χ4n) is 1.77. The predicted molar refractivity (Wildman–Crippen MR) is 75.1 cm³/mol. The van der Waals surface area contributed by atoms with Crippen LogP contribution in [0.15, 0.2) is 24.3 Å². The molecule has 0 aromatic heterocycles. The number of hydrogen-bond acceptors (Lipinski definition) is 3. The summed E-state index contributed by atoms with van der Waals surface area (Å²) < 4.78 is 5.08. The highest BCUT2D eigenvalue weighted by Gasteiger charge is 2.22. The Morgan fingerprint density at radius 1 is 1.33 bits per heavy atom. The Bertz CT molecular complexity index is 401. The van der Waals surface area contributed by atoms with Crippen molar-refractivity contribution in [3.05, 3.63) is 29.3 Å². The van der Waals surface area contributed by atoms with Gasteiger partial charge in [0.25, 0.3) is 0 Å². The molecule has 0 atom stereocenters. The maximum absolute atomic E-state index is 10.8. The van der Waals surface area contributed by atoms with Gasteiger partial charge in [-0.05, 0) is 24.3 Å². The molecule has 3 nitrogen and oxygen atoms in total. The van der Waals surface area contributed by atoms with Crippen molar-refractivity contribution in [2.45, 2.75) is 20.8 Å². The van der Waals surface area contributed by atoms with Gasteiger partial charge in [-0.3, -0.25) is 4.79 Å². The molecule has 0 bridgehead atoms. The van der Waals surface area contributed by atoms with E-state index < -0.39 is 0 Å². The van der Waals surface area contributed by atoms with E-state index in [1.165, 1.54) is 6.92 Å². The van der Waals surface area contributed by atoms with Crippen molar-refractivity contribution in [2.75, 3.05) is 25.1 Å². The number of hydrogen-bond donors (Lipinski definition) is 0. The van der Waals surface area contributed by atoms with Crippen LogP contribution in [0.2, 0.25) is 5.02 Å². The SMILES string of the molecule is CC(=O)OCC(C)(C)CN(C)c1ccc(Cl)cc1. The van der Waals surface area contributed by atoms with Crippen LogP contribution < -0.4 is 4.90 Å². The molecule has 1 rings (SSSR count). The molecule has 0 amide bonds. The van der Waals surface area contributed by atoms with Gasteiger partial charge in [0.1, 0.15) is 0 Å². The minimum atomic E-state index is -0.239. The summed E-state index contributed by atoms with van der Waals surface area (Å²) in [5.74, 6) is -0.239. The fourth-order valence-corrected chi connectivity index (χ4v) is 1.90. The van der Waals surface area contributed by atoms with Crippen LogP contribution in [0, 0.1) is 5.41 Å². The Hall–Kier alpha value is -1.22. The van der Waals surface area contributed by atoms with E-state index in [2.05, 4.69) is 18.7 Å². The van der Waals surface area contributed by atoms with Crippen LogP contribution >= 0.6 is 11.6 Å². The lowest BCUT2D eigenvalue weighted by atomic mass is 9.94. The third kappa shape index (κ3) is 4.96. The van der Waals surface area contributed by atoms with Crippen LogP contribution in [-0.2, 0) is 9.53 Å². The lowest BCUT2D eigenvalue weighted by molar-refractivity contribution is -0.143. The number of nitrogens with zero attached hydrogens (tertiary/aromatic N) is 1. The molecule has 0 radical (unpaired) electrons.